The van der Waals surface area contributed by atoms with E-state index in [1.165, 1.54) is 11.8 Å². The Labute approximate surface area is 114 Å². The summed E-state index contributed by atoms with van der Waals surface area (Å²) in [4.78, 5) is 12.0. The van der Waals surface area contributed by atoms with E-state index < -0.39 is 0 Å². The second kappa shape index (κ2) is 5.40. The summed E-state index contributed by atoms with van der Waals surface area (Å²) in [6, 6.07) is 9.48. The van der Waals surface area contributed by atoms with Gasteiger partial charge in [-0.1, -0.05) is 26.0 Å². The Hall–Kier alpha value is -1.55. The highest BCUT2D eigenvalue weighted by atomic mass is 79.9. The number of carbonyl (C=O) groups is 1. The summed E-state index contributed by atoms with van der Waals surface area (Å²) in [5, 5.41) is 2.85. The zero-order valence-electron chi connectivity index (χ0n) is 10.2. The standard InChI is InChI=1S/C14H14BrNO2/c1-9(2)10-4-3-5-11(8-10)16-14(17)12-6-7-18-13(12)15/h3-9H,1-2H3,(H,16,17). The lowest BCUT2D eigenvalue weighted by molar-refractivity contribution is 0.102. The van der Waals surface area contributed by atoms with Crippen molar-refractivity contribution in [3.63, 3.8) is 0 Å². The van der Waals surface area contributed by atoms with E-state index in [0.717, 1.165) is 5.69 Å². The van der Waals surface area contributed by atoms with Gasteiger partial charge in [0.1, 0.15) is 0 Å². The molecule has 2 aromatic rings. The fraction of sp³-hybridized carbons (Fsp3) is 0.214. The zero-order chi connectivity index (χ0) is 13.1. The Kier molecular flexibility index (Phi) is 3.87. The third-order valence-electron chi connectivity index (χ3n) is 2.67. The number of nitrogens with one attached hydrogen (secondary N) is 1. The van der Waals surface area contributed by atoms with Crippen molar-refractivity contribution >= 4 is 27.5 Å². The van der Waals surface area contributed by atoms with E-state index in [1.807, 2.05) is 24.3 Å². The van der Waals surface area contributed by atoms with E-state index in [1.54, 1.807) is 6.07 Å². The number of hydrogen-bond donors (Lipinski definition) is 1. The van der Waals surface area contributed by atoms with Crippen LogP contribution in [0, 0.1) is 0 Å². The van der Waals surface area contributed by atoms with Gasteiger partial charge in [-0.15, -0.1) is 0 Å². The van der Waals surface area contributed by atoms with Crippen LogP contribution in [0.3, 0.4) is 0 Å². The molecule has 2 rings (SSSR count). The molecule has 0 bridgehead atoms. The van der Waals surface area contributed by atoms with E-state index in [0.29, 0.717) is 16.2 Å². The minimum atomic E-state index is -0.184. The highest BCUT2D eigenvalue weighted by molar-refractivity contribution is 9.10. The molecule has 0 unspecified atom stereocenters. The molecule has 1 aromatic carbocycles. The Morgan fingerprint density at radius 3 is 2.72 bits per heavy atom. The molecule has 0 aliphatic rings. The van der Waals surface area contributed by atoms with Crippen LogP contribution in [-0.2, 0) is 0 Å². The number of benzene rings is 1. The van der Waals surface area contributed by atoms with Gasteiger partial charge in [0.05, 0.1) is 11.8 Å². The quantitative estimate of drug-likeness (QED) is 0.912. The summed E-state index contributed by atoms with van der Waals surface area (Å²) in [5.41, 5.74) is 2.48. The minimum Gasteiger partial charge on any atom is -0.457 e. The van der Waals surface area contributed by atoms with E-state index in [-0.39, 0.29) is 5.91 Å². The SMILES string of the molecule is CC(C)c1cccc(NC(=O)c2ccoc2Br)c1. The second-order valence-corrected chi connectivity index (χ2v) is 5.06. The van der Waals surface area contributed by atoms with E-state index in [9.17, 15) is 4.79 Å². The van der Waals surface area contributed by atoms with Crippen LogP contribution in [-0.4, -0.2) is 5.91 Å². The molecule has 0 spiro atoms. The number of carbonyl (C=O) groups excluding carboxylic acids is 1. The average Bonchev–Trinajstić information content (AvgIpc) is 2.76. The number of furan rings is 1. The molecule has 4 heteroatoms. The first-order valence-electron chi connectivity index (χ1n) is 5.72. The Bertz CT molecular complexity index is 560. The van der Waals surface area contributed by atoms with Gasteiger partial charge in [-0.3, -0.25) is 4.79 Å². The number of amides is 1. The van der Waals surface area contributed by atoms with Gasteiger partial charge in [0.25, 0.3) is 5.91 Å². The third-order valence-corrected chi connectivity index (χ3v) is 3.29. The molecular formula is C14H14BrNO2. The summed E-state index contributed by atoms with van der Waals surface area (Å²) in [5.74, 6) is 0.249. The minimum absolute atomic E-state index is 0.184. The van der Waals surface area contributed by atoms with Gasteiger partial charge < -0.3 is 9.73 Å². The van der Waals surface area contributed by atoms with Gasteiger partial charge in [0, 0.05) is 5.69 Å². The zero-order valence-corrected chi connectivity index (χ0v) is 11.8. The maximum Gasteiger partial charge on any atom is 0.260 e. The summed E-state index contributed by atoms with van der Waals surface area (Å²) >= 11 is 3.19. The molecule has 1 heterocycles. The van der Waals surface area contributed by atoms with Crippen molar-refractivity contribution in [3.8, 4) is 0 Å². The molecule has 0 saturated heterocycles. The van der Waals surface area contributed by atoms with Crippen molar-refractivity contribution in [2.45, 2.75) is 19.8 Å². The van der Waals surface area contributed by atoms with Crippen molar-refractivity contribution < 1.29 is 9.21 Å². The summed E-state index contributed by atoms with van der Waals surface area (Å²) < 4.78 is 5.49. The van der Waals surface area contributed by atoms with Crippen LogP contribution in [0.15, 0.2) is 45.7 Å². The summed E-state index contributed by atoms with van der Waals surface area (Å²) in [7, 11) is 0. The molecule has 0 saturated carbocycles. The smallest absolute Gasteiger partial charge is 0.260 e. The lowest BCUT2D eigenvalue weighted by Gasteiger charge is -2.09. The molecule has 0 radical (unpaired) electrons. The van der Waals surface area contributed by atoms with Gasteiger partial charge in [-0.25, -0.2) is 0 Å². The monoisotopic (exact) mass is 307 g/mol. The van der Waals surface area contributed by atoms with Crippen LogP contribution >= 0.6 is 15.9 Å². The lowest BCUT2D eigenvalue weighted by Crippen LogP contribution is -2.11. The Morgan fingerprint density at radius 1 is 1.33 bits per heavy atom. The second-order valence-electron chi connectivity index (χ2n) is 4.34. The van der Waals surface area contributed by atoms with Crippen LogP contribution in [0.5, 0.6) is 0 Å². The van der Waals surface area contributed by atoms with Gasteiger partial charge >= 0.3 is 0 Å². The first-order valence-corrected chi connectivity index (χ1v) is 6.51. The Balaban J connectivity index is 2.17. The molecule has 0 aliphatic heterocycles. The van der Waals surface area contributed by atoms with E-state index >= 15 is 0 Å². The number of rotatable bonds is 3. The number of halogens is 1. The first-order chi connectivity index (χ1) is 8.58. The van der Waals surface area contributed by atoms with E-state index in [2.05, 4.69) is 35.1 Å². The van der Waals surface area contributed by atoms with Crippen LogP contribution in [0.1, 0.15) is 35.7 Å². The predicted octanol–water partition coefficient (Wildman–Crippen LogP) is 4.42. The van der Waals surface area contributed by atoms with Crippen molar-refractivity contribution in [2.24, 2.45) is 0 Å². The Morgan fingerprint density at radius 2 is 2.11 bits per heavy atom. The van der Waals surface area contributed by atoms with Gasteiger partial charge in [-0.05, 0) is 45.6 Å². The molecule has 0 aliphatic carbocycles. The predicted molar refractivity (Wildman–Crippen MR) is 74.9 cm³/mol. The van der Waals surface area contributed by atoms with Gasteiger partial charge in [0.15, 0.2) is 4.67 Å². The van der Waals surface area contributed by atoms with Crippen molar-refractivity contribution in [1.29, 1.82) is 0 Å². The van der Waals surface area contributed by atoms with Crippen LogP contribution in [0.4, 0.5) is 5.69 Å². The normalized spacial score (nSPS) is 10.7. The molecule has 1 N–H and O–H groups in total. The van der Waals surface area contributed by atoms with Crippen molar-refractivity contribution in [3.05, 3.63) is 52.4 Å². The highest BCUT2D eigenvalue weighted by Crippen LogP contribution is 2.21. The van der Waals surface area contributed by atoms with Crippen LogP contribution < -0.4 is 5.32 Å². The average molecular weight is 308 g/mol. The van der Waals surface area contributed by atoms with Gasteiger partial charge in [-0.2, -0.15) is 0 Å². The third kappa shape index (κ3) is 2.82. The van der Waals surface area contributed by atoms with Crippen molar-refractivity contribution in [2.75, 3.05) is 5.32 Å². The molecule has 0 fully saturated rings. The summed E-state index contributed by atoms with van der Waals surface area (Å²) in [6.07, 6.45) is 1.48. The molecule has 18 heavy (non-hydrogen) atoms. The molecule has 0 atom stereocenters. The molecule has 3 nitrogen and oxygen atoms in total. The molecule has 1 amide bonds. The van der Waals surface area contributed by atoms with Crippen LogP contribution in [0.2, 0.25) is 0 Å². The van der Waals surface area contributed by atoms with Crippen molar-refractivity contribution in [1.82, 2.24) is 0 Å². The fourth-order valence-electron chi connectivity index (χ4n) is 1.63. The van der Waals surface area contributed by atoms with Gasteiger partial charge in [0.2, 0.25) is 0 Å². The first kappa shape index (κ1) is 12.9. The number of hydrogen-bond acceptors (Lipinski definition) is 2. The molecule has 94 valence electrons. The maximum atomic E-state index is 12.0. The summed E-state index contributed by atoms with van der Waals surface area (Å²) in [6.45, 7) is 4.24. The van der Waals surface area contributed by atoms with Crippen LogP contribution in [0.25, 0.3) is 0 Å². The fourth-order valence-corrected chi connectivity index (χ4v) is 2.05. The topological polar surface area (TPSA) is 42.2 Å². The maximum absolute atomic E-state index is 12.0. The van der Waals surface area contributed by atoms with E-state index in [4.69, 9.17) is 4.42 Å². The lowest BCUT2D eigenvalue weighted by atomic mass is 10.0. The number of anilines is 1. The highest BCUT2D eigenvalue weighted by Gasteiger charge is 2.12. The molecule has 1 aromatic heterocycles. The largest absolute Gasteiger partial charge is 0.457 e. The molecular weight excluding hydrogens is 294 g/mol.